The molecule has 4 heteroatoms. The fourth-order valence-electron chi connectivity index (χ4n) is 3.35. The van der Waals surface area contributed by atoms with E-state index in [4.69, 9.17) is 19.9 Å². The number of rotatable bonds is 4. The van der Waals surface area contributed by atoms with Crippen molar-refractivity contribution in [3.63, 3.8) is 0 Å². The molecule has 1 unspecified atom stereocenters. The maximum absolute atomic E-state index is 6.23. The lowest BCUT2D eigenvalue weighted by Crippen LogP contribution is -2.27. The smallest absolute Gasteiger partial charge is 0.146 e. The highest BCUT2D eigenvalue weighted by atomic mass is 16.6. The summed E-state index contributed by atoms with van der Waals surface area (Å²) in [5, 5.41) is 0. The van der Waals surface area contributed by atoms with Crippen LogP contribution in [0.3, 0.4) is 0 Å². The van der Waals surface area contributed by atoms with Gasteiger partial charge in [0, 0.05) is 6.07 Å². The average Bonchev–Trinajstić information content (AvgIpc) is 3.09. The minimum Gasteiger partial charge on any atom is -0.497 e. The number of ether oxygens (including phenoxy) is 3. The molecule has 20 heavy (non-hydrogen) atoms. The van der Waals surface area contributed by atoms with Gasteiger partial charge in [0.15, 0.2) is 0 Å². The van der Waals surface area contributed by atoms with Crippen LogP contribution in [-0.2, 0) is 4.74 Å². The Labute approximate surface area is 120 Å². The van der Waals surface area contributed by atoms with Gasteiger partial charge in [0.1, 0.15) is 18.1 Å². The summed E-state index contributed by atoms with van der Waals surface area (Å²) in [5.41, 5.74) is 6.72. The van der Waals surface area contributed by atoms with E-state index in [0.717, 1.165) is 12.2 Å². The SMILES string of the molecule is COc1ccc(N)c(OCC2CCC3(CCCC3)O2)c1. The van der Waals surface area contributed by atoms with E-state index >= 15 is 0 Å². The zero-order chi connectivity index (χ0) is 14.0. The third kappa shape index (κ3) is 2.70. The van der Waals surface area contributed by atoms with Crippen LogP contribution in [0.25, 0.3) is 0 Å². The number of nitrogens with two attached hydrogens (primary N) is 1. The van der Waals surface area contributed by atoms with E-state index in [0.29, 0.717) is 18.0 Å². The van der Waals surface area contributed by atoms with Crippen molar-refractivity contribution in [3.05, 3.63) is 18.2 Å². The molecule has 1 aliphatic heterocycles. The summed E-state index contributed by atoms with van der Waals surface area (Å²) in [5.74, 6) is 1.44. The zero-order valence-electron chi connectivity index (χ0n) is 12.1. The second-order valence-electron chi connectivity index (χ2n) is 5.88. The van der Waals surface area contributed by atoms with Crippen LogP contribution in [0.1, 0.15) is 38.5 Å². The average molecular weight is 277 g/mol. The highest BCUT2D eigenvalue weighted by Gasteiger charge is 2.42. The fraction of sp³-hybridized carbons (Fsp3) is 0.625. The second-order valence-corrected chi connectivity index (χ2v) is 5.88. The number of hydrogen-bond donors (Lipinski definition) is 1. The van der Waals surface area contributed by atoms with Crippen molar-refractivity contribution in [3.8, 4) is 11.5 Å². The van der Waals surface area contributed by atoms with Gasteiger partial charge in [0.25, 0.3) is 0 Å². The van der Waals surface area contributed by atoms with E-state index in [9.17, 15) is 0 Å². The Kier molecular flexibility index (Phi) is 3.74. The first kappa shape index (κ1) is 13.6. The highest BCUT2D eigenvalue weighted by Crippen LogP contribution is 2.43. The first-order valence-electron chi connectivity index (χ1n) is 7.45. The van der Waals surface area contributed by atoms with Crippen molar-refractivity contribution in [2.45, 2.75) is 50.2 Å². The molecular weight excluding hydrogens is 254 g/mol. The van der Waals surface area contributed by atoms with E-state index in [1.54, 1.807) is 7.11 Å². The number of benzene rings is 1. The van der Waals surface area contributed by atoms with Gasteiger partial charge in [0.05, 0.1) is 24.5 Å². The van der Waals surface area contributed by atoms with E-state index in [-0.39, 0.29) is 11.7 Å². The molecule has 1 spiro atoms. The van der Waals surface area contributed by atoms with E-state index < -0.39 is 0 Å². The van der Waals surface area contributed by atoms with E-state index in [1.165, 1.54) is 32.1 Å². The van der Waals surface area contributed by atoms with Crippen molar-refractivity contribution in [2.75, 3.05) is 19.5 Å². The third-order valence-electron chi connectivity index (χ3n) is 4.50. The van der Waals surface area contributed by atoms with Crippen LogP contribution in [0.5, 0.6) is 11.5 Å². The molecule has 0 amide bonds. The number of nitrogen functional groups attached to an aromatic ring is 1. The van der Waals surface area contributed by atoms with Gasteiger partial charge < -0.3 is 19.9 Å². The van der Waals surface area contributed by atoms with Gasteiger partial charge in [-0.1, -0.05) is 12.8 Å². The molecule has 2 aliphatic rings. The fourth-order valence-corrected chi connectivity index (χ4v) is 3.35. The molecule has 110 valence electrons. The normalized spacial score (nSPS) is 24.1. The lowest BCUT2D eigenvalue weighted by molar-refractivity contribution is -0.0508. The second kappa shape index (κ2) is 5.52. The van der Waals surface area contributed by atoms with Crippen molar-refractivity contribution in [1.29, 1.82) is 0 Å². The Balaban J connectivity index is 1.57. The lowest BCUT2D eigenvalue weighted by atomic mass is 9.98. The van der Waals surface area contributed by atoms with Gasteiger partial charge in [-0.25, -0.2) is 0 Å². The van der Waals surface area contributed by atoms with Gasteiger partial charge in [-0.05, 0) is 37.8 Å². The molecule has 4 nitrogen and oxygen atoms in total. The molecule has 0 bridgehead atoms. The molecule has 0 aromatic heterocycles. The van der Waals surface area contributed by atoms with Crippen LogP contribution in [0.2, 0.25) is 0 Å². The number of methoxy groups -OCH3 is 1. The number of hydrogen-bond acceptors (Lipinski definition) is 4. The zero-order valence-corrected chi connectivity index (χ0v) is 12.1. The molecule has 1 saturated heterocycles. The van der Waals surface area contributed by atoms with Crippen molar-refractivity contribution in [1.82, 2.24) is 0 Å². The summed E-state index contributed by atoms with van der Waals surface area (Å²) in [4.78, 5) is 0. The molecule has 2 N–H and O–H groups in total. The standard InChI is InChI=1S/C16H23NO3/c1-18-12-4-5-14(17)15(10-12)19-11-13-6-9-16(20-13)7-2-3-8-16/h4-5,10,13H,2-3,6-9,11,17H2,1H3. The minimum atomic E-state index is 0.161. The summed E-state index contributed by atoms with van der Waals surface area (Å²) in [6.07, 6.45) is 7.49. The first-order chi connectivity index (χ1) is 9.71. The molecule has 1 heterocycles. The van der Waals surface area contributed by atoms with Crippen molar-refractivity contribution < 1.29 is 14.2 Å². The summed E-state index contributed by atoms with van der Waals surface area (Å²) in [7, 11) is 1.64. The van der Waals surface area contributed by atoms with Crippen LogP contribution in [0.15, 0.2) is 18.2 Å². The quantitative estimate of drug-likeness (QED) is 0.859. The van der Waals surface area contributed by atoms with Gasteiger partial charge in [0.2, 0.25) is 0 Å². The minimum absolute atomic E-state index is 0.161. The van der Waals surface area contributed by atoms with Gasteiger partial charge in [-0.2, -0.15) is 0 Å². The molecule has 1 atom stereocenters. The predicted molar refractivity (Wildman–Crippen MR) is 78.2 cm³/mol. The highest BCUT2D eigenvalue weighted by molar-refractivity contribution is 5.55. The Morgan fingerprint density at radius 2 is 2.10 bits per heavy atom. The van der Waals surface area contributed by atoms with Crippen LogP contribution < -0.4 is 15.2 Å². The molecule has 1 aromatic rings. The summed E-state index contributed by atoms with van der Waals surface area (Å²) in [6.45, 7) is 0.569. The molecule has 0 radical (unpaired) electrons. The predicted octanol–water partition coefficient (Wildman–Crippen LogP) is 3.15. The summed E-state index contributed by atoms with van der Waals surface area (Å²) >= 11 is 0. The monoisotopic (exact) mass is 277 g/mol. The van der Waals surface area contributed by atoms with Crippen LogP contribution in [-0.4, -0.2) is 25.4 Å². The van der Waals surface area contributed by atoms with Gasteiger partial charge in [-0.15, -0.1) is 0 Å². The molecule has 2 fully saturated rings. The number of anilines is 1. The molecule has 1 aliphatic carbocycles. The molecular formula is C16H23NO3. The van der Waals surface area contributed by atoms with E-state index in [1.807, 2.05) is 18.2 Å². The van der Waals surface area contributed by atoms with E-state index in [2.05, 4.69) is 0 Å². The maximum Gasteiger partial charge on any atom is 0.146 e. The topological polar surface area (TPSA) is 53.7 Å². The molecule has 3 rings (SSSR count). The van der Waals surface area contributed by atoms with Crippen LogP contribution >= 0.6 is 0 Å². The Morgan fingerprint density at radius 1 is 1.30 bits per heavy atom. The molecule has 1 aromatic carbocycles. The van der Waals surface area contributed by atoms with Crippen molar-refractivity contribution >= 4 is 5.69 Å². The Hall–Kier alpha value is -1.42. The third-order valence-corrected chi connectivity index (χ3v) is 4.50. The Morgan fingerprint density at radius 3 is 2.85 bits per heavy atom. The summed E-state index contributed by atoms with van der Waals surface area (Å²) < 4.78 is 17.3. The van der Waals surface area contributed by atoms with Crippen LogP contribution in [0.4, 0.5) is 5.69 Å². The van der Waals surface area contributed by atoms with Crippen molar-refractivity contribution in [2.24, 2.45) is 0 Å². The van der Waals surface area contributed by atoms with Gasteiger partial charge in [-0.3, -0.25) is 0 Å². The van der Waals surface area contributed by atoms with Gasteiger partial charge >= 0.3 is 0 Å². The van der Waals surface area contributed by atoms with Crippen LogP contribution in [0, 0.1) is 0 Å². The largest absolute Gasteiger partial charge is 0.497 e. The maximum atomic E-state index is 6.23. The molecule has 1 saturated carbocycles. The first-order valence-corrected chi connectivity index (χ1v) is 7.45. The summed E-state index contributed by atoms with van der Waals surface area (Å²) in [6, 6.07) is 5.47. The Bertz CT molecular complexity index is 469. The lowest BCUT2D eigenvalue weighted by Gasteiger charge is -2.24.